The Morgan fingerprint density at radius 1 is 1.25 bits per heavy atom. The zero-order valence-corrected chi connectivity index (χ0v) is 7.40. The fourth-order valence-corrected chi connectivity index (χ4v) is 0.667. The lowest BCUT2D eigenvalue weighted by Gasteiger charge is -1.86. The van der Waals surface area contributed by atoms with E-state index in [1.165, 1.54) is 12.5 Å². The fourth-order valence-electron chi connectivity index (χ4n) is 0.667. The number of aldehydes is 1. The van der Waals surface area contributed by atoms with Gasteiger partial charge in [0.25, 0.3) is 0 Å². The van der Waals surface area contributed by atoms with Crippen LogP contribution in [0.1, 0.15) is 19.4 Å². The fraction of sp³-hybridized carbons (Fsp3) is 0.200. The lowest BCUT2D eigenvalue weighted by atomic mass is 10.2. The second-order valence-electron chi connectivity index (χ2n) is 2.02. The van der Waals surface area contributed by atoms with Crippen molar-refractivity contribution in [3.63, 3.8) is 0 Å². The van der Waals surface area contributed by atoms with Gasteiger partial charge >= 0.3 is 0 Å². The molecule has 0 unspecified atom stereocenters. The zero-order valence-electron chi connectivity index (χ0n) is 7.40. The van der Waals surface area contributed by atoms with Crippen molar-refractivity contribution in [3.8, 4) is 0 Å². The van der Waals surface area contributed by atoms with E-state index in [1.807, 2.05) is 31.2 Å². The maximum absolute atomic E-state index is 8.81. The number of carbonyl (C=O) groups is 1. The van der Waals surface area contributed by atoms with Gasteiger partial charge in [-0.05, 0) is 31.5 Å². The van der Waals surface area contributed by atoms with Gasteiger partial charge in [0.2, 0.25) is 0 Å². The summed E-state index contributed by atoms with van der Waals surface area (Å²) < 4.78 is 0. The van der Waals surface area contributed by atoms with E-state index in [0.29, 0.717) is 0 Å². The number of aromatic nitrogens is 1. The lowest BCUT2D eigenvalue weighted by Crippen LogP contribution is -1.70. The van der Waals surface area contributed by atoms with E-state index < -0.39 is 0 Å². The van der Waals surface area contributed by atoms with Gasteiger partial charge in [0.1, 0.15) is 6.29 Å². The number of rotatable bonds is 1. The van der Waals surface area contributed by atoms with E-state index in [4.69, 9.17) is 4.79 Å². The van der Waals surface area contributed by atoms with Crippen molar-refractivity contribution in [2.24, 2.45) is 0 Å². The van der Waals surface area contributed by atoms with E-state index in [9.17, 15) is 0 Å². The number of allylic oxidation sites excluding steroid dienone is 1. The van der Waals surface area contributed by atoms with Crippen LogP contribution in [0.2, 0.25) is 0 Å². The van der Waals surface area contributed by atoms with Crippen LogP contribution in [-0.2, 0) is 4.79 Å². The number of carbonyl (C=O) groups excluding carboxylic acids is 1. The van der Waals surface area contributed by atoms with Gasteiger partial charge in [-0.1, -0.05) is 12.2 Å². The van der Waals surface area contributed by atoms with Gasteiger partial charge in [0, 0.05) is 12.4 Å². The van der Waals surface area contributed by atoms with Crippen LogP contribution in [0.4, 0.5) is 0 Å². The first kappa shape index (κ1) is 10.6. The minimum atomic E-state index is 0.750. The monoisotopic (exact) mass is 163 g/mol. The summed E-state index contributed by atoms with van der Waals surface area (Å²) in [6.45, 7) is 3.44. The Morgan fingerprint density at radius 3 is 2.17 bits per heavy atom. The second kappa shape index (κ2) is 7.66. The lowest BCUT2D eigenvalue weighted by molar-refractivity contribution is -0.106. The summed E-state index contributed by atoms with van der Waals surface area (Å²) in [7, 11) is 0. The molecule has 0 aromatic carbocycles. The highest BCUT2D eigenvalue weighted by atomic mass is 16.1. The molecular weight excluding hydrogens is 150 g/mol. The first-order valence-corrected chi connectivity index (χ1v) is 3.77. The Kier molecular flexibility index (Phi) is 6.74. The van der Waals surface area contributed by atoms with Gasteiger partial charge < -0.3 is 4.79 Å². The van der Waals surface area contributed by atoms with Gasteiger partial charge in [0.15, 0.2) is 0 Å². The van der Waals surface area contributed by atoms with E-state index >= 15 is 0 Å². The van der Waals surface area contributed by atoms with Gasteiger partial charge in [-0.3, -0.25) is 4.98 Å². The molecule has 0 aliphatic carbocycles. The van der Waals surface area contributed by atoms with Crippen LogP contribution >= 0.6 is 0 Å². The molecule has 0 radical (unpaired) electrons. The molecule has 0 aliphatic rings. The highest BCUT2D eigenvalue weighted by Crippen LogP contribution is 1.97. The summed E-state index contributed by atoms with van der Waals surface area (Å²) in [6, 6.07) is 3.94. The Hall–Kier alpha value is -1.44. The Balaban J connectivity index is 0.000000354. The maximum atomic E-state index is 8.81. The van der Waals surface area contributed by atoms with Gasteiger partial charge in [-0.15, -0.1) is 0 Å². The molecule has 0 atom stereocenters. The molecule has 1 aromatic rings. The van der Waals surface area contributed by atoms with Crippen molar-refractivity contribution < 1.29 is 4.79 Å². The highest BCUT2D eigenvalue weighted by molar-refractivity contribution is 5.47. The van der Waals surface area contributed by atoms with Crippen LogP contribution in [0.25, 0.3) is 6.08 Å². The molecule has 0 spiro atoms. The number of pyridine rings is 1. The molecule has 0 N–H and O–H groups in total. The third kappa shape index (κ3) is 5.35. The summed E-state index contributed by atoms with van der Waals surface area (Å²) in [5.41, 5.74) is 1.20. The Labute approximate surface area is 73.0 Å². The molecule has 2 nitrogen and oxygen atoms in total. The van der Waals surface area contributed by atoms with Gasteiger partial charge in [-0.2, -0.15) is 0 Å². The van der Waals surface area contributed by atoms with Crippen LogP contribution in [-0.4, -0.2) is 11.3 Å². The standard InChI is InChI=1S/C8H9N.C2H4O/c1-2-3-8-4-6-9-7-5-8;1-2-3/h2-7H,1H3;2H,1H3/b3-2+;. The molecule has 2 heteroatoms. The quantitative estimate of drug-likeness (QED) is 0.595. The van der Waals surface area contributed by atoms with Crippen LogP contribution < -0.4 is 0 Å². The van der Waals surface area contributed by atoms with Crippen molar-refractivity contribution in [3.05, 3.63) is 36.2 Å². The molecule has 1 aromatic heterocycles. The average Bonchev–Trinajstić information content (AvgIpc) is 2.08. The van der Waals surface area contributed by atoms with Crippen molar-refractivity contribution >= 4 is 12.4 Å². The predicted octanol–water partition coefficient (Wildman–Crippen LogP) is 2.32. The van der Waals surface area contributed by atoms with Crippen molar-refractivity contribution in [2.45, 2.75) is 13.8 Å². The summed E-state index contributed by atoms with van der Waals surface area (Å²) >= 11 is 0. The molecule has 0 bridgehead atoms. The molecule has 0 saturated heterocycles. The van der Waals surface area contributed by atoms with Gasteiger partial charge in [-0.25, -0.2) is 0 Å². The predicted molar refractivity (Wildman–Crippen MR) is 50.7 cm³/mol. The minimum Gasteiger partial charge on any atom is -0.304 e. The summed E-state index contributed by atoms with van der Waals surface area (Å²) in [5.74, 6) is 0. The molecular formula is C10H13NO. The summed E-state index contributed by atoms with van der Waals surface area (Å²) in [5, 5.41) is 0. The maximum Gasteiger partial charge on any atom is 0.116 e. The second-order valence-corrected chi connectivity index (χ2v) is 2.02. The zero-order chi connectivity index (χ0) is 9.23. The van der Waals surface area contributed by atoms with Crippen molar-refractivity contribution in [2.75, 3.05) is 0 Å². The molecule has 0 fully saturated rings. The van der Waals surface area contributed by atoms with Crippen LogP contribution in [0.15, 0.2) is 30.6 Å². The minimum absolute atomic E-state index is 0.750. The van der Waals surface area contributed by atoms with Crippen LogP contribution in [0.5, 0.6) is 0 Å². The Morgan fingerprint density at radius 2 is 1.75 bits per heavy atom. The molecule has 0 aliphatic heterocycles. The summed E-state index contributed by atoms with van der Waals surface area (Å²) in [4.78, 5) is 12.7. The normalized spacial score (nSPS) is 8.83. The molecule has 1 rings (SSSR count). The largest absolute Gasteiger partial charge is 0.304 e. The summed E-state index contributed by atoms with van der Waals surface area (Å²) in [6.07, 6.45) is 8.38. The highest BCUT2D eigenvalue weighted by Gasteiger charge is 1.78. The number of nitrogens with zero attached hydrogens (tertiary/aromatic N) is 1. The average molecular weight is 163 g/mol. The smallest absolute Gasteiger partial charge is 0.116 e. The first-order chi connectivity index (χ1) is 5.85. The number of hydrogen-bond acceptors (Lipinski definition) is 2. The van der Waals surface area contributed by atoms with E-state index in [0.717, 1.165) is 6.29 Å². The number of hydrogen-bond donors (Lipinski definition) is 0. The van der Waals surface area contributed by atoms with Crippen molar-refractivity contribution in [1.29, 1.82) is 0 Å². The van der Waals surface area contributed by atoms with E-state index in [-0.39, 0.29) is 0 Å². The molecule has 0 amide bonds. The first-order valence-electron chi connectivity index (χ1n) is 3.77. The third-order valence-corrected chi connectivity index (χ3v) is 1.07. The molecule has 64 valence electrons. The van der Waals surface area contributed by atoms with E-state index in [1.54, 1.807) is 12.4 Å². The van der Waals surface area contributed by atoms with Crippen LogP contribution in [0, 0.1) is 0 Å². The molecule has 1 heterocycles. The topological polar surface area (TPSA) is 30.0 Å². The molecule has 0 saturated carbocycles. The van der Waals surface area contributed by atoms with Crippen LogP contribution in [0.3, 0.4) is 0 Å². The third-order valence-electron chi connectivity index (χ3n) is 1.07. The Bertz CT molecular complexity index is 229. The van der Waals surface area contributed by atoms with Crippen molar-refractivity contribution in [1.82, 2.24) is 4.98 Å². The SMILES string of the molecule is C/C=C/c1ccncc1.CC=O. The van der Waals surface area contributed by atoms with Gasteiger partial charge in [0.05, 0.1) is 0 Å². The molecule has 12 heavy (non-hydrogen) atoms. The van der Waals surface area contributed by atoms with E-state index in [2.05, 4.69) is 4.98 Å².